The van der Waals surface area contributed by atoms with Crippen LogP contribution in [0.2, 0.25) is 0 Å². The van der Waals surface area contributed by atoms with Crippen LogP contribution in [0, 0.1) is 30.9 Å². The standard InChI is InChI=1S/C22H24N4O4/c1-5-12-23-21(27)20-16(4)22(30-19-9-7-6-8-17(19)26(28)29)25(24-20)18-13-14(2)10-11-15(18)3/h6-11,13H,5,12H2,1-4H3,(H,23,27). The molecule has 0 spiro atoms. The van der Waals surface area contributed by atoms with Crippen molar-refractivity contribution in [2.45, 2.75) is 34.1 Å². The van der Waals surface area contributed by atoms with Crippen molar-refractivity contribution >= 4 is 11.6 Å². The highest BCUT2D eigenvalue weighted by Crippen LogP contribution is 2.35. The number of carbonyl (C=O) groups is 1. The first-order valence-corrected chi connectivity index (χ1v) is 9.70. The van der Waals surface area contributed by atoms with Crippen LogP contribution in [0.1, 0.15) is 40.5 Å². The van der Waals surface area contributed by atoms with Crippen LogP contribution >= 0.6 is 0 Å². The maximum Gasteiger partial charge on any atom is 0.311 e. The minimum absolute atomic E-state index is 0.0811. The Morgan fingerprint density at radius 1 is 1.20 bits per heavy atom. The molecule has 0 bridgehead atoms. The number of rotatable bonds is 7. The van der Waals surface area contributed by atoms with Crippen LogP contribution in [0.3, 0.4) is 0 Å². The molecule has 0 fully saturated rings. The lowest BCUT2D eigenvalue weighted by atomic mass is 10.1. The van der Waals surface area contributed by atoms with E-state index in [0.717, 1.165) is 23.2 Å². The van der Waals surface area contributed by atoms with Gasteiger partial charge in [-0.15, -0.1) is 0 Å². The Hall–Kier alpha value is -3.68. The Kier molecular flexibility index (Phi) is 6.15. The van der Waals surface area contributed by atoms with Gasteiger partial charge < -0.3 is 10.1 Å². The molecule has 0 unspecified atom stereocenters. The summed E-state index contributed by atoms with van der Waals surface area (Å²) in [4.78, 5) is 23.6. The molecule has 0 saturated heterocycles. The van der Waals surface area contributed by atoms with Crippen molar-refractivity contribution in [3.05, 3.63) is 75.0 Å². The number of hydrogen-bond donors (Lipinski definition) is 1. The van der Waals surface area contributed by atoms with Gasteiger partial charge in [-0.1, -0.05) is 31.2 Å². The van der Waals surface area contributed by atoms with E-state index in [2.05, 4.69) is 10.4 Å². The molecule has 3 aromatic rings. The Morgan fingerprint density at radius 2 is 1.93 bits per heavy atom. The minimum Gasteiger partial charge on any atom is -0.431 e. The molecule has 156 valence electrons. The summed E-state index contributed by atoms with van der Waals surface area (Å²) in [6.07, 6.45) is 0.794. The van der Waals surface area contributed by atoms with E-state index in [-0.39, 0.29) is 28.9 Å². The maximum atomic E-state index is 12.7. The van der Waals surface area contributed by atoms with Gasteiger partial charge in [-0.2, -0.15) is 9.78 Å². The van der Waals surface area contributed by atoms with E-state index in [9.17, 15) is 14.9 Å². The predicted molar refractivity (Wildman–Crippen MR) is 114 cm³/mol. The minimum atomic E-state index is -0.502. The molecule has 0 aliphatic heterocycles. The van der Waals surface area contributed by atoms with Crippen molar-refractivity contribution in [2.24, 2.45) is 0 Å². The van der Waals surface area contributed by atoms with Gasteiger partial charge in [-0.3, -0.25) is 14.9 Å². The van der Waals surface area contributed by atoms with Gasteiger partial charge in [0.25, 0.3) is 5.91 Å². The Bertz CT molecular complexity index is 1100. The monoisotopic (exact) mass is 408 g/mol. The maximum absolute atomic E-state index is 12.7. The first kappa shape index (κ1) is 21.0. The van der Waals surface area contributed by atoms with Gasteiger partial charge in [-0.05, 0) is 50.5 Å². The third-order valence-electron chi connectivity index (χ3n) is 4.68. The highest BCUT2D eigenvalue weighted by Gasteiger charge is 2.25. The number of aromatic nitrogens is 2. The van der Waals surface area contributed by atoms with Crippen LogP contribution in [0.4, 0.5) is 5.69 Å². The first-order chi connectivity index (χ1) is 14.3. The van der Waals surface area contributed by atoms with Crippen LogP contribution in [0.15, 0.2) is 42.5 Å². The number of amides is 1. The smallest absolute Gasteiger partial charge is 0.311 e. The van der Waals surface area contributed by atoms with Crippen LogP contribution in [0.5, 0.6) is 11.6 Å². The lowest BCUT2D eigenvalue weighted by Crippen LogP contribution is -2.25. The first-order valence-electron chi connectivity index (χ1n) is 9.70. The molecule has 3 rings (SSSR count). The normalized spacial score (nSPS) is 10.7. The summed E-state index contributed by atoms with van der Waals surface area (Å²) < 4.78 is 7.53. The molecule has 1 N–H and O–H groups in total. The van der Waals surface area contributed by atoms with Gasteiger partial charge in [0, 0.05) is 18.2 Å². The van der Waals surface area contributed by atoms with Crippen molar-refractivity contribution in [3.63, 3.8) is 0 Å². The summed E-state index contributed by atoms with van der Waals surface area (Å²) in [5.74, 6) is 0.0306. The zero-order chi connectivity index (χ0) is 21.8. The molecule has 8 heteroatoms. The van der Waals surface area contributed by atoms with Crippen LogP contribution < -0.4 is 10.1 Å². The largest absolute Gasteiger partial charge is 0.431 e. The van der Waals surface area contributed by atoms with E-state index in [4.69, 9.17) is 4.74 Å². The summed E-state index contributed by atoms with van der Waals surface area (Å²) in [7, 11) is 0. The van der Waals surface area contributed by atoms with Gasteiger partial charge in [0.2, 0.25) is 11.6 Å². The summed E-state index contributed by atoms with van der Waals surface area (Å²) in [5.41, 5.74) is 3.23. The van der Waals surface area contributed by atoms with Gasteiger partial charge in [0.1, 0.15) is 0 Å². The molecule has 1 heterocycles. The molecule has 1 amide bonds. The van der Waals surface area contributed by atoms with Crippen LogP contribution in [0.25, 0.3) is 5.69 Å². The average Bonchev–Trinajstić information content (AvgIpc) is 3.04. The van der Waals surface area contributed by atoms with Crippen LogP contribution in [-0.2, 0) is 0 Å². The van der Waals surface area contributed by atoms with Gasteiger partial charge >= 0.3 is 5.69 Å². The number of carbonyl (C=O) groups excluding carboxylic acids is 1. The number of nitrogens with one attached hydrogen (secondary N) is 1. The number of benzene rings is 2. The number of aryl methyl sites for hydroxylation is 2. The Balaban J connectivity index is 2.17. The topological polar surface area (TPSA) is 99.3 Å². The van der Waals surface area contributed by atoms with Gasteiger partial charge in [0.05, 0.1) is 10.6 Å². The van der Waals surface area contributed by atoms with Gasteiger partial charge in [-0.25, -0.2) is 0 Å². The summed E-state index contributed by atoms with van der Waals surface area (Å²) in [6, 6.07) is 12.0. The molecule has 0 atom stereocenters. The van der Waals surface area contributed by atoms with E-state index in [1.807, 2.05) is 39.0 Å². The van der Waals surface area contributed by atoms with Crippen molar-refractivity contribution in [1.82, 2.24) is 15.1 Å². The number of ether oxygens (including phenoxy) is 1. The second-order valence-electron chi connectivity index (χ2n) is 7.06. The predicted octanol–water partition coefficient (Wildman–Crippen LogP) is 4.64. The van der Waals surface area contributed by atoms with E-state index >= 15 is 0 Å². The van der Waals surface area contributed by atoms with Gasteiger partial charge in [0.15, 0.2) is 5.69 Å². The molecule has 0 radical (unpaired) electrons. The number of nitrogens with zero attached hydrogens (tertiary/aromatic N) is 3. The lowest BCUT2D eigenvalue weighted by molar-refractivity contribution is -0.385. The summed E-state index contributed by atoms with van der Waals surface area (Å²) in [5, 5.41) is 18.8. The molecule has 0 aliphatic rings. The summed E-state index contributed by atoms with van der Waals surface area (Å²) in [6.45, 7) is 8.09. The number of nitro benzene ring substituents is 1. The van der Waals surface area contributed by atoms with Crippen molar-refractivity contribution in [1.29, 1.82) is 0 Å². The van der Waals surface area contributed by atoms with E-state index in [0.29, 0.717) is 12.1 Å². The highest BCUT2D eigenvalue weighted by molar-refractivity contribution is 5.94. The molecule has 8 nitrogen and oxygen atoms in total. The van der Waals surface area contributed by atoms with Crippen molar-refractivity contribution < 1.29 is 14.5 Å². The zero-order valence-corrected chi connectivity index (χ0v) is 17.4. The fourth-order valence-corrected chi connectivity index (χ4v) is 3.05. The number of para-hydroxylation sites is 2. The molecular weight excluding hydrogens is 384 g/mol. The van der Waals surface area contributed by atoms with E-state index < -0.39 is 4.92 Å². The Morgan fingerprint density at radius 3 is 2.63 bits per heavy atom. The van der Waals surface area contributed by atoms with E-state index in [1.165, 1.54) is 16.8 Å². The molecule has 30 heavy (non-hydrogen) atoms. The number of nitro groups is 1. The Labute approximate surface area is 174 Å². The zero-order valence-electron chi connectivity index (χ0n) is 17.4. The second-order valence-corrected chi connectivity index (χ2v) is 7.06. The fraction of sp³-hybridized carbons (Fsp3) is 0.273. The summed E-state index contributed by atoms with van der Waals surface area (Å²) >= 11 is 0. The third-order valence-corrected chi connectivity index (χ3v) is 4.68. The molecular formula is C22H24N4O4. The molecule has 2 aromatic carbocycles. The number of hydrogen-bond acceptors (Lipinski definition) is 5. The molecule has 0 aliphatic carbocycles. The quantitative estimate of drug-likeness (QED) is 0.454. The fourth-order valence-electron chi connectivity index (χ4n) is 3.05. The average molecular weight is 408 g/mol. The highest BCUT2D eigenvalue weighted by atomic mass is 16.6. The van der Waals surface area contributed by atoms with Crippen molar-refractivity contribution in [2.75, 3.05) is 6.54 Å². The molecule has 0 saturated carbocycles. The third kappa shape index (κ3) is 4.17. The van der Waals surface area contributed by atoms with Crippen molar-refractivity contribution in [3.8, 4) is 17.3 Å². The molecule has 1 aromatic heterocycles. The second kappa shape index (κ2) is 8.77. The SMILES string of the molecule is CCCNC(=O)c1nn(-c2cc(C)ccc2C)c(Oc2ccccc2[N+](=O)[O-])c1C. The van der Waals surface area contributed by atoms with Crippen LogP contribution in [-0.4, -0.2) is 27.2 Å². The van der Waals surface area contributed by atoms with E-state index in [1.54, 1.807) is 19.1 Å². The lowest BCUT2D eigenvalue weighted by Gasteiger charge is -2.12.